The Hall–Kier alpha value is -3.68. The number of nitrogens with two attached hydrogens (primary N) is 1. The number of benzene rings is 1. The third-order valence-corrected chi connectivity index (χ3v) is 7.05. The average molecular weight is 516 g/mol. The van der Waals surface area contributed by atoms with Gasteiger partial charge in [0.2, 0.25) is 10.0 Å². The molecule has 0 aliphatic carbocycles. The van der Waals surface area contributed by atoms with Gasteiger partial charge in [0.25, 0.3) is 5.91 Å². The molecule has 1 aliphatic rings. The lowest BCUT2D eigenvalue weighted by molar-refractivity contribution is 0.0448. The third-order valence-electron chi connectivity index (χ3n) is 5.79. The van der Waals surface area contributed by atoms with E-state index in [2.05, 4.69) is 20.1 Å². The van der Waals surface area contributed by atoms with Crippen LogP contribution in [0.25, 0.3) is 5.69 Å². The van der Waals surface area contributed by atoms with Gasteiger partial charge in [0.15, 0.2) is 5.82 Å². The molecule has 2 aromatic heterocycles. The molecule has 4 rings (SSSR count). The van der Waals surface area contributed by atoms with E-state index in [9.17, 15) is 18.3 Å². The molecular weight excluding hydrogens is 486 g/mol. The fraction of sp³-hybridized carbons (Fsp3) is 0.348. The number of aromatic nitrogens is 3. The van der Waals surface area contributed by atoms with Crippen molar-refractivity contribution in [3.05, 3.63) is 54.4 Å². The van der Waals surface area contributed by atoms with Crippen LogP contribution < -0.4 is 20.7 Å². The van der Waals surface area contributed by atoms with Crippen molar-refractivity contribution in [1.82, 2.24) is 14.8 Å². The Morgan fingerprint density at radius 2 is 2.06 bits per heavy atom. The van der Waals surface area contributed by atoms with Crippen molar-refractivity contribution < 1.29 is 23.4 Å². The average Bonchev–Trinajstić information content (AvgIpc) is 3.32. The zero-order valence-corrected chi connectivity index (χ0v) is 20.6. The van der Waals surface area contributed by atoms with Crippen LogP contribution in [0.1, 0.15) is 30.1 Å². The van der Waals surface area contributed by atoms with E-state index in [1.54, 1.807) is 48.3 Å². The molecule has 0 spiro atoms. The van der Waals surface area contributed by atoms with Crippen LogP contribution in [0.2, 0.25) is 0 Å². The minimum Gasteiger partial charge on any atom is -0.395 e. The summed E-state index contributed by atoms with van der Waals surface area (Å²) in [4.78, 5) is 19.4. The third kappa shape index (κ3) is 5.93. The van der Waals surface area contributed by atoms with Gasteiger partial charge in [-0.05, 0) is 56.2 Å². The summed E-state index contributed by atoms with van der Waals surface area (Å²) in [5, 5.41) is 26.5. The molecule has 0 unspecified atom stereocenters. The zero-order valence-electron chi connectivity index (χ0n) is 19.8. The van der Waals surface area contributed by atoms with Crippen molar-refractivity contribution in [2.45, 2.75) is 25.4 Å². The van der Waals surface area contributed by atoms with E-state index < -0.39 is 33.9 Å². The molecule has 0 bridgehead atoms. The van der Waals surface area contributed by atoms with Crippen molar-refractivity contribution in [2.75, 3.05) is 46.1 Å². The Kier molecular flexibility index (Phi) is 7.15. The van der Waals surface area contributed by atoms with E-state index in [1.165, 1.54) is 12.1 Å². The lowest BCUT2D eigenvalue weighted by atomic mass is 9.94. The van der Waals surface area contributed by atoms with Crippen LogP contribution in [-0.4, -0.2) is 70.4 Å². The Morgan fingerprint density at radius 3 is 2.72 bits per heavy atom. The van der Waals surface area contributed by atoms with Crippen LogP contribution in [0.4, 0.5) is 23.0 Å². The van der Waals surface area contributed by atoms with Crippen LogP contribution >= 0.6 is 0 Å². The van der Waals surface area contributed by atoms with E-state index in [-0.39, 0.29) is 29.4 Å². The summed E-state index contributed by atoms with van der Waals surface area (Å²) in [5.74, 6) is -0.515. The molecule has 1 aliphatic heterocycles. The fourth-order valence-electron chi connectivity index (χ4n) is 4.15. The number of carbonyl (C=O) groups excluding carboxylic acids is 1. The monoisotopic (exact) mass is 515 g/mol. The van der Waals surface area contributed by atoms with Gasteiger partial charge < -0.3 is 26.2 Å². The fourth-order valence-corrected chi connectivity index (χ4v) is 4.98. The maximum Gasteiger partial charge on any atom is 0.258 e. The van der Waals surface area contributed by atoms with Crippen molar-refractivity contribution in [3.63, 3.8) is 0 Å². The zero-order chi connectivity index (χ0) is 25.9. The first-order valence-corrected chi connectivity index (χ1v) is 13.0. The van der Waals surface area contributed by atoms with Crippen molar-refractivity contribution >= 4 is 38.9 Å². The number of pyridine rings is 1. The van der Waals surface area contributed by atoms with Crippen molar-refractivity contribution in [2.24, 2.45) is 0 Å². The van der Waals surface area contributed by atoms with Crippen molar-refractivity contribution in [1.29, 1.82) is 0 Å². The quantitative estimate of drug-likeness (QED) is 0.295. The molecule has 6 N–H and O–H groups in total. The highest BCUT2D eigenvalue weighted by atomic mass is 32.2. The summed E-state index contributed by atoms with van der Waals surface area (Å²) in [5.41, 5.74) is 6.64. The van der Waals surface area contributed by atoms with Gasteiger partial charge >= 0.3 is 0 Å². The predicted octanol–water partition coefficient (Wildman–Crippen LogP) is 1.19. The Bertz CT molecular complexity index is 1340. The summed E-state index contributed by atoms with van der Waals surface area (Å²) in [6.45, 7) is 2.05. The highest BCUT2D eigenvalue weighted by molar-refractivity contribution is 7.92. The second kappa shape index (κ2) is 10.1. The van der Waals surface area contributed by atoms with Gasteiger partial charge in [-0.1, -0.05) is 0 Å². The van der Waals surface area contributed by atoms with E-state index in [0.29, 0.717) is 30.8 Å². The number of amides is 1. The number of β-amino-alcohol motifs (C(OH)–C–C–N with tert-alkyl or cyclic N) is 1. The lowest BCUT2D eigenvalue weighted by Crippen LogP contribution is -2.46. The summed E-state index contributed by atoms with van der Waals surface area (Å²) >= 11 is 0. The van der Waals surface area contributed by atoms with Gasteiger partial charge in [0, 0.05) is 25.5 Å². The molecule has 0 saturated carbocycles. The topological polar surface area (TPSA) is 176 Å². The summed E-state index contributed by atoms with van der Waals surface area (Å²) in [6, 6.07) is 9.57. The number of carbonyl (C=O) groups is 1. The summed E-state index contributed by atoms with van der Waals surface area (Å²) in [6.07, 6.45) is 4.64. The van der Waals surface area contributed by atoms with Crippen LogP contribution in [0, 0.1) is 0 Å². The van der Waals surface area contributed by atoms with E-state index in [4.69, 9.17) is 10.8 Å². The summed E-state index contributed by atoms with van der Waals surface area (Å²) < 4.78 is 28.3. The minimum atomic E-state index is -3.76. The first-order chi connectivity index (χ1) is 17.1. The molecule has 192 valence electrons. The molecule has 3 heterocycles. The molecule has 1 atom stereocenters. The minimum absolute atomic E-state index is 0.178. The Morgan fingerprint density at radius 1 is 1.25 bits per heavy atom. The number of hydrogen-bond acceptors (Lipinski definition) is 9. The van der Waals surface area contributed by atoms with Gasteiger partial charge in [-0.3, -0.25) is 9.52 Å². The van der Waals surface area contributed by atoms with Crippen LogP contribution in [0.15, 0.2) is 48.8 Å². The molecule has 3 aromatic rings. The Labute approximate surface area is 208 Å². The van der Waals surface area contributed by atoms with E-state index in [0.717, 1.165) is 0 Å². The van der Waals surface area contributed by atoms with Crippen LogP contribution in [0.3, 0.4) is 0 Å². The summed E-state index contributed by atoms with van der Waals surface area (Å²) in [7, 11) is -3.76. The van der Waals surface area contributed by atoms with Crippen LogP contribution in [0.5, 0.6) is 0 Å². The van der Waals surface area contributed by atoms with Gasteiger partial charge in [-0.15, -0.1) is 0 Å². The van der Waals surface area contributed by atoms with Crippen LogP contribution in [-0.2, 0) is 10.0 Å². The molecule has 12 nitrogen and oxygen atoms in total. The van der Waals surface area contributed by atoms with Gasteiger partial charge in [-0.2, -0.15) is 5.10 Å². The van der Waals surface area contributed by atoms with Gasteiger partial charge in [0.1, 0.15) is 11.5 Å². The second-order valence-corrected chi connectivity index (χ2v) is 10.7. The lowest BCUT2D eigenvalue weighted by Gasteiger charge is -2.39. The van der Waals surface area contributed by atoms with E-state index >= 15 is 0 Å². The van der Waals surface area contributed by atoms with Gasteiger partial charge in [0.05, 0.1) is 34.9 Å². The number of nitrogens with zero attached hydrogens (tertiary/aromatic N) is 4. The van der Waals surface area contributed by atoms with Gasteiger partial charge in [-0.25, -0.2) is 18.1 Å². The number of anilines is 4. The number of nitrogen functional groups attached to an aromatic ring is 1. The number of aliphatic hydroxyl groups excluding tert-OH is 1. The van der Waals surface area contributed by atoms with Crippen molar-refractivity contribution in [3.8, 4) is 5.69 Å². The normalized spacial score (nSPS) is 18.1. The first kappa shape index (κ1) is 25.4. The first-order valence-electron chi connectivity index (χ1n) is 11.4. The molecule has 1 fully saturated rings. The molecular formula is C23H29N7O5S. The molecule has 1 saturated heterocycles. The smallest absolute Gasteiger partial charge is 0.258 e. The molecule has 13 heteroatoms. The number of rotatable bonds is 8. The highest BCUT2D eigenvalue weighted by Crippen LogP contribution is 2.31. The number of nitrogens with one attached hydrogen (secondary N) is 2. The number of aliphatic hydroxyl groups is 2. The standard InChI is InChI=1S/C23H29N7O5S/c1-23(33)8-2-10-29(15-23)19-14-16(28-36(34,35)13-12-31)4-5-17(19)22(32)27-20-7-6-18(21(24)26-20)30-11-3-9-25-30/h3-7,9,11,14,28,31,33H,2,8,10,12-13,15H2,1H3,(H3,24,26,27,32)/t23-/m1/s1. The van der Waals surface area contributed by atoms with E-state index in [1.807, 2.05) is 4.90 Å². The Balaban J connectivity index is 1.64. The molecule has 0 radical (unpaired) electrons. The maximum absolute atomic E-state index is 13.3. The molecule has 36 heavy (non-hydrogen) atoms. The number of sulfonamides is 1. The molecule has 1 aromatic carbocycles. The SMILES string of the molecule is C[C@@]1(O)CCCN(c2cc(NS(=O)(=O)CCO)ccc2C(=O)Nc2ccc(-n3cccn3)c(N)n2)C1. The maximum atomic E-state index is 13.3. The largest absolute Gasteiger partial charge is 0.395 e. The number of hydrogen-bond donors (Lipinski definition) is 5. The predicted molar refractivity (Wildman–Crippen MR) is 137 cm³/mol. The number of piperidine rings is 1. The highest BCUT2D eigenvalue weighted by Gasteiger charge is 2.31. The molecule has 1 amide bonds. The second-order valence-electron chi connectivity index (χ2n) is 8.90.